The highest BCUT2D eigenvalue weighted by Gasteiger charge is 2.33. The first-order chi connectivity index (χ1) is 9.61. The summed E-state index contributed by atoms with van der Waals surface area (Å²) in [5.41, 5.74) is 7.24. The van der Waals surface area contributed by atoms with Crippen LogP contribution >= 0.6 is 11.6 Å². The molecule has 0 fully saturated rings. The smallest absolute Gasteiger partial charge is 0.170 e. The number of nitrogens with two attached hydrogens (primary N) is 1. The van der Waals surface area contributed by atoms with E-state index >= 15 is 0 Å². The predicted octanol–water partition coefficient (Wildman–Crippen LogP) is 3.50. The van der Waals surface area contributed by atoms with Gasteiger partial charge in [0, 0.05) is 17.1 Å². The highest BCUT2D eigenvalue weighted by molar-refractivity contribution is 6.30. The zero-order valence-electron chi connectivity index (χ0n) is 11.2. The lowest BCUT2D eigenvalue weighted by molar-refractivity contribution is 0.0141. The standard InChI is InChI=1S/C16H16ClNO2/c1-16(9-18)10-19-14-7-3-6-13(15(14)20-16)11-4-2-5-12(17)8-11/h2-8H,9-10,18H2,1H3. The molecule has 1 atom stereocenters. The van der Waals surface area contributed by atoms with Crippen LogP contribution in [0.1, 0.15) is 6.92 Å². The summed E-state index contributed by atoms with van der Waals surface area (Å²) in [5, 5.41) is 0.693. The fraction of sp³-hybridized carbons (Fsp3) is 0.250. The Labute approximate surface area is 123 Å². The summed E-state index contributed by atoms with van der Waals surface area (Å²) in [6, 6.07) is 13.5. The zero-order valence-corrected chi connectivity index (χ0v) is 12.0. The van der Waals surface area contributed by atoms with Crippen LogP contribution in [0.2, 0.25) is 5.02 Å². The number of hydrogen-bond acceptors (Lipinski definition) is 3. The molecule has 0 bridgehead atoms. The van der Waals surface area contributed by atoms with Crippen LogP contribution in [0.25, 0.3) is 11.1 Å². The maximum absolute atomic E-state index is 6.10. The third-order valence-corrected chi connectivity index (χ3v) is 3.66. The molecule has 1 heterocycles. The van der Waals surface area contributed by atoms with Crippen LogP contribution in [0.3, 0.4) is 0 Å². The number of fused-ring (bicyclic) bond motifs is 1. The van der Waals surface area contributed by atoms with Crippen LogP contribution < -0.4 is 15.2 Å². The van der Waals surface area contributed by atoms with E-state index in [2.05, 4.69) is 0 Å². The van der Waals surface area contributed by atoms with Gasteiger partial charge in [-0.15, -0.1) is 0 Å². The molecule has 3 nitrogen and oxygen atoms in total. The van der Waals surface area contributed by atoms with E-state index < -0.39 is 5.60 Å². The van der Waals surface area contributed by atoms with E-state index in [-0.39, 0.29) is 0 Å². The molecule has 0 spiro atoms. The topological polar surface area (TPSA) is 44.5 Å². The normalized spacial score (nSPS) is 20.8. The van der Waals surface area contributed by atoms with Gasteiger partial charge < -0.3 is 15.2 Å². The Morgan fingerprint density at radius 2 is 2.05 bits per heavy atom. The Bertz CT molecular complexity index is 644. The van der Waals surface area contributed by atoms with Crippen molar-refractivity contribution in [2.75, 3.05) is 13.2 Å². The second kappa shape index (κ2) is 5.00. The number of para-hydroxylation sites is 1. The van der Waals surface area contributed by atoms with Gasteiger partial charge in [0.25, 0.3) is 0 Å². The van der Waals surface area contributed by atoms with Gasteiger partial charge in [0.2, 0.25) is 0 Å². The molecule has 104 valence electrons. The predicted molar refractivity (Wildman–Crippen MR) is 80.5 cm³/mol. The van der Waals surface area contributed by atoms with Crippen molar-refractivity contribution in [3.63, 3.8) is 0 Å². The molecule has 1 unspecified atom stereocenters. The first-order valence-corrected chi connectivity index (χ1v) is 6.90. The summed E-state index contributed by atoms with van der Waals surface area (Å²) in [4.78, 5) is 0. The average molecular weight is 290 g/mol. The lowest BCUT2D eigenvalue weighted by Gasteiger charge is -2.35. The van der Waals surface area contributed by atoms with Crippen molar-refractivity contribution < 1.29 is 9.47 Å². The van der Waals surface area contributed by atoms with E-state index in [1.807, 2.05) is 49.4 Å². The zero-order chi connectivity index (χ0) is 14.2. The van der Waals surface area contributed by atoms with E-state index in [4.69, 9.17) is 26.8 Å². The van der Waals surface area contributed by atoms with Crippen molar-refractivity contribution in [2.24, 2.45) is 5.73 Å². The van der Waals surface area contributed by atoms with Crippen molar-refractivity contribution in [3.8, 4) is 22.6 Å². The molecule has 20 heavy (non-hydrogen) atoms. The van der Waals surface area contributed by atoms with Gasteiger partial charge in [0.05, 0.1) is 0 Å². The van der Waals surface area contributed by atoms with E-state index in [9.17, 15) is 0 Å². The Hall–Kier alpha value is -1.71. The summed E-state index contributed by atoms with van der Waals surface area (Å²) >= 11 is 6.07. The molecule has 0 radical (unpaired) electrons. The van der Waals surface area contributed by atoms with Crippen molar-refractivity contribution in [2.45, 2.75) is 12.5 Å². The summed E-state index contributed by atoms with van der Waals surface area (Å²) in [7, 11) is 0. The molecular weight excluding hydrogens is 274 g/mol. The molecule has 2 aromatic carbocycles. The number of halogens is 1. The quantitative estimate of drug-likeness (QED) is 0.920. The summed E-state index contributed by atoms with van der Waals surface area (Å²) in [5.74, 6) is 1.47. The largest absolute Gasteiger partial charge is 0.485 e. The highest BCUT2D eigenvalue weighted by Crippen LogP contribution is 2.43. The van der Waals surface area contributed by atoms with Crippen LogP contribution in [0.5, 0.6) is 11.5 Å². The third kappa shape index (κ3) is 2.35. The Kier molecular flexibility index (Phi) is 3.32. The molecule has 0 aromatic heterocycles. The van der Waals surface area contributed by atoms with Crippen LogP contribution in [-0.4, -0.2) is 18.8 Å². The second-order valence-electron chi connectivity index (χ2n) is 5.19. The Balaban J connectivity index is 2.10. The summed E-state index contributed by atoms with van der Waals surface area (Å²) < 4.78 is 11.9. The van der Waals surface area contributed by atoms with Crippen LogP contribution in [-0.2, 0) is 0 Å². The minimum atomic E-state index is -0.498. The van der Waals surface area contributed by atoms with Gasteiger partial charge >= 0.3 is 0 Å². The van der Waals surface area contributed by atoms with Crippen LogP contribution in [0.4, 0.5) is 0 Å². The molecule has 0 saturated carbocycles. The fourth-order valence-corrected chi connectivity index (χ4v) is 2.42. The molecule has 2 aromatic rings. The van der Waals surface area contributed by atoms with Crippen molar-refractivity contribution >= 4 is 11.6 Å². The maximum atomic E-state index is 6.10. The van der Waals surface area contributed by atoms with Crippen molar-refractivity contribution in [1.82, 2.24) is 0 Å². The average Bonchev–Trinajstić information content (AvgIpc) is 2.46. The van der Waals surface area contributed by atoms with Gasteiger partial charge in [-0.05, 0) is 30.7 Å². The number of benzene rings is 2. The molecule has 1 aliphatic heterocycles. The van der Waals surface area contributed by atoms with E-state index in [0.29, 0.717) is 18.2 Å². The van der Waals surface area contributed by atoms with E-state index in [1.165, 1.54) is 0 Å². The first kappa shape index (κ1) is 13.3. The maximum Gasteiger partial charge on any atom is 0.170 e. The molecule has 0 saturated heterocycles. The molecular formula is C16H16ClNO2. The fourth-order valence-electron chi connectivity index (χ4n) is 2.22. The van der Waals surface area contributed by atoms with Crippen molar-refractivity contribution in [3.05, 3.63) is 47.5 Å². The van der Waals surface area contributed by atoms with Gasteiger partial charge in [-0.2, -0.15) is 0 Å². The minimum Gasteiger partial charge on any atom is -0.485 e. The molecule has 0 aliphatic carbocycles. The van der Waals surface area contributed by atoms with E-state index in [0.717, 1.165) is 22.6 Å². The van der Waals surface area contributed by atoms with E-state index in [1.54, 1.807) is 0 Å². The minimum absolute atomic E-state index is 0.399. The molecule has 4 heteroatoms. The molecule has 2 N–H and O–H groups in total. The number of hydrogen-bond donors (Lipinski definition) is 1. The van der Waals surface area contributed by atoms with Crippen molar-refractivity contribution in [1.29, 1.82) is 0 Å². The van der Waals surface area contributed by atoms with Crippen LogP contribution in [0, 0.1) is 0 Å². The SMILES string of the molecule is CC1(CN)COc2cccc(-c3cccc(Cl)c3)c2O1. The highest BCUT2D eigenvalue weighted by atomic mass is 35.5. The first-order valence-electron chi connectivity index (χ1n) is 6.52. The Morgan fingerprint density at radius 1 is 1.25 bits per heavy atom. The molecule has 0 amide bonds. The van der Waals surface area contributed by atoms with Gasteiger partial charge in [0.15, 0.2) is 17.1 Å². The monoisotopic (exact) mass is 289 g/mol. The third-order valence-electron chi connectivity index (χ3n) is 3.43. The van der Waals surface area contributed by atoms with Crippen LogP contribution in [0.15, 0.2) is 42.5 Å². The van der Waals surface area contributed by atoms with Gasteiger partial charge in [0.1, 0.15) is 6.61 Å². The second-order valence-corrected chi connectivity index (χ2v) is 5.62. The van der Waals surface area contributed by atoms with Gasteiger partial charge in [-0.3, -0.25) is 0 Å². The number of ether oxygens (including phenoxy) is 2. The number of rotatable bonds is 2. The van der Waals surface area contributed by atoms with Gasteiger partial charge in [-0.25, -0.2) is 0 Å². The molecule has 1 aliphatic rings. The summed E-state index contributed by atoms with van der Waals surface area (Å²) in [6.07, 6.45) is 0. The lowest BCUT2D eigenvalue weighted by Crippen LogP contribution is -2.48. The van der Waals surface area contributed by atoms with Gasteiger partial charge in [-0.1, -0.05) is 35.9 Å². The Morgan fingerprint density at radius 3 is 2.80 bits per heavy atom. The molecule has 3 rings (SSSR count). The lowest BCUT2D eigenvalue weighted by atomic mass is 10.0. The summed E-state index contributed by atoms with van der Waals surface area (Å²) in [6.45, 7) is 2.80.